The molecule has 0 aliphatic carbocycles. The van der Waals surface area contributed by atoms with Crippen molar-refractivity contribution in [1.29, 1.82) is 0 Å². The molecule has 1 N–H and O–H groups in total. The van der Waals surface area contributed by atoms with Crippen LogP contribution in [0.4, 0.5) is 4.39 Å². The molecule has 0 heterocycles. The lowest BCUT2D eigenvalue weighted by Gasteiger charge is -2.15. The Bertz CT molecular complexity index is 338. The fraction of sp³-hybridized carbons (Fsp3) is 0.333. The summed E-state index contributed by atoms with van der Waals surface area (Å²) in [6.07, 6.45) is 1.69. The zero-order chi connectivity index (χ0) is 11.3. The van der Waals surface area contributed by atoms with Crippen LogP contribution in [-0.2, 0) is 0 Å². The van der Waals surface area contributed by atoms with E-state index in [9.17, 15) is 4.39 Å². The Balaban J connectivity index is 2.97. The van der Waals surface area contributed by atoms with E-state index in [-0.39, 0.29) is 11.9 Å². The Labute approximate surface area is 89.8 Å². The minimum Gasteiger partial charge on any atom is -0.497 e. The van der Waals surface area contributed by atoms with Crippen molar-refractivity contribution in [1.82, 2.24) is 5.32 Å². The molecule has 1 unspecified atom stereocenters. The number of nitrogens with one attached hydrogen (secondary N) is 1. The highest BCUT2D eigenvalue weighted by Gasteiger charge is 2.11. The summed E-state index contributed by atoms with van der Waals surface area (Å²) < 4.78 is 18.6. The monoisotopic (exact) mass is 209 g/mol. The smallest absolute Gasteiger partial charge is 0.131 e. The molecule has 0 saturated carbocycles. The molecule has 1 aromatic carbocycles. The predicted octanol–water partition coefficient (Wildman–Crippen LogP) is 2.67. The van der Waals surface area contributed by atoms with Gasteiger partial charge >= 0.3 is 0 Å². The molecule has 2 nitrogen and oxygen atoms in total. The van der Waals surface area contributed by atoms with Gasteiger partial charge in [-0.25, -0.2) is 4.39 Å². The summed E-state index contributed by atoms with van der Waals surface area (Å²) in [5.41, 5.74) is 0.590. The van der Waals surface area contributed by atoms with Crippen LogP contribution in [0.5, 0.6) is 5.75 Å². The second-order valence-electron chi connectivity index (χ2n) is 3.16. The maximum Gasteiger partial charge on any atom is 0.131 e. The summed E-state index contributed by atoms with van der Waals surface area (Å²) >= 11 is 0. The lowest BCUT2D eigenvalue weighted by Crippen LogP contribution is -2.19. The maximum absolute atomic E-state index is 13.6. The van der Waals surface area contributed by atoms with Crippen molar-refractivity contribution in [2.75, 3.05) is 13.7 Å². The third-order valence-electron chi connectivity index (χ3n) is 2.20. The lowest BCUT2D eigenvalue weighted by atomic mass is 10.1. The average molecular weight is 209 g/mol. The molecular formula is C12H16FNO. The molecule has 0 radical (unpaired) electrons. The number of benzene rings is 1. The van der Waals surface area contributed by atoms with Crippen LogP contribution in [0.15, 0.2) is 30.9 Å². The van der Waals surface area contributed by atoms with Crippen molar-refractivity contribution in [2.45, 2.75) is 13.0 Å². The van der Waals surface area contributed by atoms with Crippen LogP contribution in [0.1, 0.15) is 18.5 Å². The molecule has 3 heteroatoms. The van der Waals surface area contributed by atoms with E-state index < -0.39 is 0 Å². The molecule has 1 atom stereocenters. The summed E-state index contributed by atoms with van der Waals surface area (Å²) in [7, 11) is 1.52. The van der Waals surface area contributed by atoms with Gasteiger partial charge < -0.3 is 10.1 Å². The van der Waals surface area contributed by atoms with Crippen LogP contribution in [-0.4, -0.2) is 13.7 Å². The van der Waals surface area contributed by atoms with Crippen molar-refractivity contribution in [2.24, 2.45) is 0 Å². The minimum absolute atomic E-state index is 0.152. The molecule has 0 aliphatic rings. The Morgan fingerprint density at radius 3 is 2.80 bits per heavy atom. The Morgan fingerprint density at radius 2 is 2.33 bits per heavy atom. The van der Waals surface area contributed by atoms with E-state index in [1.54, 1.807) is 18.2 Å². The molecule has 0 aliphatic heterocycles. The van der Waals surface area contributed by atoms with Crippen LogP contribution < -0.4 is 10.1 Å². The maximum atomic E-state index is 13.6. The fourth-order valence-corrected chi connectivity index (χ4v) is 1.43. The zero-order valence-corrected chi connectivity index (χ0v) is 9.09. The predicted molar refractivity (Wildman–Crippen MR) is 59.6 cm³/mol. The number of ether oxygens (including phenoxy) is 1. The van der Waals surface area contributed by atoms with Crippen molar-refractivity contribution in [3.8, 4) is 5.75 Å². The molecular weight excluding hydrogens is 193 g/mol. The number of methoxy groups -OCH3 is 1. The molecule has 0 aromatic heterocycles. The van der Waals surface area contributed by atoms with E-state index >= 15 is 0 Å². The third-order valence-corrected chi connectivity index (χ3v) is 2.20. The number of likely N-dealkylation sites (N-methyl/N-ethyl adjacent to an activating group) is 1. The van der Waals surface area contributed by atoms with Gasteiger partial charge in [0.15, 0.2) is 0 Å². The second kappa shape index (κ2) is 5.51. The Hall–Kier alpha value is -1.35. The SMILES string of the molecule is C=CC(NCC)c1ccc(OC)cc1F. The first-order chi connectivity index (χ1) is 7.22. The number of hydrogen-bond donors (Lipinski definition) is 1. The van der Waals surface area contributed by atoms with Gasteiger partial charge in [-0.1, -0.05) is 19.1 Å². The molecule has 0 amide bonds. The Morgan fingerprint density at radius 1 is 1.60 bits per heavy atom. The summed E-state index contributed by atoms with van der Waals surface area (Å²) in [6, 6.07) is 4.68. The summed E-state index contributed by atoms with van der Waals surface area (Å²) in [5.74, 6) is 0.246. The van der Waals surface area contributed by atoms with Gasteiger partial charge in [0, 0.05) is 11.6 Å². The Kier molecular flexibility index (Phi) is 4.31. The van der Waals surface area contributed by atoms with Gasteiger partial charge in [-0.2, -0.15) is 0 Å². The van der Waals surface area contributed by atoms with Gasteiger partial charge in [0.05, 0.1) is 13.2 Å². The van der Waals surface area contributed by atoms with E-state index in [1.807, 2.05) is 6.92 Å². The van der Waals surface area contributed by atoms with Gasteiger partial charge in [-0.3, -0.25) is 0 Å². The summed E-state index contributed by atoms with van der Waals surface area (Å²) in [4.78, 5) is 0. The largest absolute Gasteiger partial charge is 0.497 e. The van der Waals surface area contributed by atoms with Crippen LogP contribution >= 0.6 is 0 Å². The van der Waals surface area contributed by atoms with Gasteiger partial charge in [0.2, 0.25) is 0 Å². The minimum atomic E-state index is -0.278. The zero-order valence-electron chi connectivity index (χ0n) is 9.09. The number of rotatable bonds is 5. The third kappa shape index (κ3) is 2.80. The molecule has 0 bridgehead atoms. The molecule has 1 rings (SSSR count). The van der Waals surface area contributed by atoms with Gasteiger partial charge in [0.25, 0.3) is 0 Å². The van der Waals surface area contributed by atoms with Gasteiger partial charge in [-0.05, 0) is 12.6 Å². The fourth-order valence-electron chi connectivity index (χ4n) is 1.43. The second-order valence-corrected chi connectivity index (χ2v) is 3.16. The van der Waals surface area contributed by atoms with E-state index in [0.717, 1.165) is 6.54 Å². The highest BCUT2D eigenvalue weighted by atomic mass is 19.1. The normalized spacial score (nSPS) is 12.2. The number of hydrogen-bond acceptors (Lipinski definition) is 2. The summed E-state index contributed by atoms with van der Waals surface area (Å²) in [6.45, 7) is 6.42. The first-order valence-electron chi connectivity index (χ1n) is 4.92. The van der Waals surface area contributed by atoms with Crippen molar-refractivity contribution < 1.29 is 9.13 Å². The quantitative estimate of drug-likeness (QED) is 0.753. The van der Waals surface area contributed by atoms with Crippen LogP contribution in [0.25, 0.3) is 0 Å². The summed E-state index contributed by atoms with van der Waals surface area (Å²) in [5, 5.41) is 3.13. The average Bonchev–Trinajstić information content (AvgIpc) is 2.26. The van der Waals surface area contributed by atoms with Gasteiger partial charge in [0.1, 0.15) is 11.6 Å². The van der Waals surface area contributed by atoms with Crippen molar-refractivity contribution in [3.05, 3.63) is 42.2 Å². The highest BCUT2D eigenvalue weighted by Crippen LogP contribution is 2.22. The van der Waals surface area contributed by atoms with E-state index in [4.69, 9.17) is 4.74 Å². The van der Waals surface area contributed by atoms with Crippen molar-refractivity contribution in [3.63, 3.8) is 0 Å². The van der Waals surface area contributed by atoms with E-state index in [2.05, 4.69) is 11.9 Å². The number of halogens is 1. The van der Waals surface area contributed by atoms with Crippen LogP contribution in [0.3, 0.4) is 0 Å². The van der Waals surface area contributed by atoms with E-state index in [1.165, 1.54) is 13.2 Å². The van der Waals surface area contributed by atoms with Crippen molar-refractivity contribution >= 4 is 0 Å². The molecule has 1 aromatic rings. The first-order valence-corrected chi connectivity index (χ1v) is 4.92. The molecule has 0 spiro atoms. The topological polar surface area (TPSA) is 21.3 Å². The van der Waals surface area contributed by atoms with Gasteiger partial charge in [-0.15, -0.1) is 6.58 Å². The van der Waals surface area contributed by atoms with Crippen LogP contribution in [0, 0.1) is 5.82 Å². The highest BCUT2D eigenvalue weighted by molar-refractivity contribution is 5.32. The van der Waals surface area contributed by atoms with Crippen LogP contribution in [0.2, 0.25) is 0 Å². The molecule has 0 saturated heterocycles. The first kappa shape index (κ1) is 11.7. The molecule has 15 heavy (non-hydrogen) atoms. The lowest BCUT2D eigenvalue weighted by molar-refractivity contribution is 0.410. The molecule has 82 valence electrons. The molecule has 0 fully saturated rings. The standard InChI is InChI=1S/C12H16FNO/c1-4-12(14-5-2)10-7-6-9(15-3)8-11(10)13/h4,6-8,12,14H,1,5H2,2-3H3. The van der Waals surface area contributed by atoms with E-state index in [0.29, 0.717) is 11.3 Å².